The SMILES string of the molecule is CC.CF.Cc1ccc(C(=O)Cc2ccccc2)cc1. The summed E-state index contributed by atoms with van der Waals surface area (Å²) in [6.45, 7) is 6.02. The quantitative estimate of drug-likeness (QED) is 0.717. The third kappa shape index (κ3) is 6.28. The number of Topliss-reactive ketones (excluding diaryl/α,β-unsaturated/α-hetero) is 1. The monoisotopic (exact) mass is 274 g/mol. The zero-order valence-corrected chi connectivity index (χ0v) is 12.7. The summed E-state index contributed by atoms with van der Waals surface area (Å²) in [6.07, 6.45) is 0.476. The topological polar surface area (TPSA) is 17.1 Å². The van der Waals surface area contributed by atoms with Crippen molar-refractivity contribution in [2.24, 2.45) is 0 Å². The molecule has 0 unspecified atom stereocenters. The Kier molecular flexibility index (Phi) is 9.85. The third-order valence-electron chi connectivity index (χ3n) is 2.58. The number of ketones is 1. The molecule has 0 aliphatic rings. The van der Waals surface area contributed by atoms with Crippen LogP contribution in [0.5, 0.6) is 0 Å². The summed E-state index contributed by atoms with van der Waals surface area (Å²) in [5.41, 5.74) is 3.03. The van der Waals surface area contributed by atoms with E-state index in [0.29, 0.717) is 13.6 Å². The molecule has 0 saturated heterocycles. The lowest BCUT2D eigenvalue weighted by atomic mass is 10.0. The average Bonchev–Trinajstić information content (AvgIpc) is 2.53. The van der Waals surface area contributed by atoms with Crippen molar-refractivity contribution in [2.75, 3.05) is 7.18 Å². The first-order valence-corrected chi connectivity index (χ1v) is 6.77. The molecule has 0 aliphatic carbocycles. The summed E-state index contributed by atoms with van der Waals surface area (Å²) in [6, 6.07) is 17.5. The Morgan fingerprint density at radius 1 is 0.900 bits per heavy atom. The van der Waals surface area contributed by atoms with Crippen molar-refractivity contribution in [3.05, 3.63) is 71.3 Å². The molecule has 0 amide bonds. The van der Waals surface area contributed by atoms with Crippen LogP contribution in [0.25, 0.3) is 0 Å². The van der Waals surface area contributed by atoms with Gasteiger partial charge in [0.15, 0.2) is 5.78 Å². The number of carbonyl (C=O) groups is 1. The molecule has 0 N–H and O–H groups in total. The summed E-state index contributed by atoms with van der Waals surface area (Å²) < 4.78 is 9.50. The van der Waals surface area contributed by atoms with Gasteiger partial charge in [0.1, 0.15) is 0 Å². The lowest BCUT2D eigenvalue weighted by Gasteiger charge is -2.01. The van der Waals surface area contributed by atoms with Crippen molar-refractivity contribution >= 4 is 5.78 Å². The molecule has 0 aliphatic heterocycles. The minimum absolute atomic E-state index is 0.172. The van der Waals surface area contributed by atoms with Gasteiger partial charge in [0.05, 0.1) is 7.18 Å². The molecule has 2 heteroatoms. The van der Waals surface area contributed by atoms with Crippen molar-refractivity contribution in [1.29, 1.82) is 0 Å². The first-order valence-electron chi connectivity index (χ1n) is 6.77. The number of halogens is 1. The Labute approximate surface area is 121 Å². The van der Waals surface area contributed by atoms with Crippen LogP contribution in [0.3, 0.4) is 0 Å². The smallest absolute Gasteiger partial charge is 0.167 e. The summed E-state index contributed by atoms with van der Waals surface area (Å²) >= 11 is 0. The van der Waals surface area contributed by atoms with Crippen LogP contribution in [-0.2, 0) is 6.42 Å². The van der Waals surface area contributed by atoms with E-state index in [9.17, 15) is 9.18 Å². The number of benzene rings is 2. The second-order valence-corrected chi connectivity index (χ2v) is 3.95. The number of alkyl halides is 1. The van der Waals surface area contributed by atoms with Crippen molar-refractivity contribution in [2.45, 2.75) is 27.2 Å². The fourth-order valence-corrected chi connectivity index (χ4v) is 1.62. The first-order chi connectivity index (χ1) is 9.75. The van der Waals surface area contributed by atoms with Gasteiger partial charge < -0.3 is 0 Å². The van der Waals surface area contributed by atoms with Crippen LogP contribution in [0, 0.1) is 6.92 Å². The van der Waals surface area contributed by atoms with E-state index in [1.165, 1.54) is 5.56 Å². The summed E-state index contributed by atoms with van der Waals surface area (Å²) in [5.74, 6) is 0.172. The molecular weight excluding hydrogens is 251 g/mol. The number of rotatable bonds is 3. The van der Waals surface area contributed by atoms with E-state index in [0.717, 1.165) is 11.1 Å². The van der Waals surface area contributed by atoms with E-state index < -0.39 is 0 Å². The van der Waals surface area contributed by atoms with Gasteiger partial charge in [0, 0.05) is 12.0 Å². The summed E-state index contributed by atoms with van der Waals surface area (Å²) in [7, 11) is 0.500. The van der Waals surface area contributed by atoms with E-state index in [1.807, 2.05) is 75.4 Å². The van der Waals surface area contributed by atoms with E-state index in [2.05, 4.69) is 0 Å². The van der Waals surface area contributed by atoms with Gasteiger partial charge >= 0.3 is 0 Å². The first kappa shape index (κ1) is 18.0. The third-order valence-corrected chi connectivity index (χ3v) is 2.58. The molecule has 20 heavy (non-hydrogen) atoms. The molecule has 108 valence electrons. The van der Waals surface area contributed by atoms with Gasteiger partial charge in [-0.05, 0) is 12.5 Å². The number of carbonyl (C=O) groups excluding carboxylic acids is 1. The fraction of sp³-hybridized carbons (Fsp3) is 0.278. The van der Waals surface area contributed by atoms with E-state index in [1.54, 1.807) is 0 Å². The van der Waals surface area contributed by atoms with Gasteiger partial charge in [-0.3, -0.25) is 9.18 Å². The maximum atomic E-state index is 11.9. The predicted molar refractivity (Wildman–Crippen MR) is 84.0 cm³/mol. The summed E-state index contributed by atoms with van der Waals surface area (Å²) in [5, 5.41) is 0. The maximum absolute atomic E-state index is 11.9. The zero-order valence-electron chi connectivity index (χ0n) is 12.7. The molecule has 0 fully saturated rings. The lowest BCUT2D eigenvalue weighted by molar-refractivity contribution is 0.0993. The highest BCUT2D eigenvalue weighted by atomic mass is 19.1. The molecular formula is C18H23FO. The van der Waals surface area contributed by atoms with Gasteiger partial charge in [-0.1, -0.05) is 74.0 Å². The molecule has 0 bridgehead atoms. The Bertz CT molecular complexity index is 475. The largest absolute Gasteiger partial charge is 0.294 e. The van der Waals surface area contributed by atoms with E-state index in [4.69, 9.17) is 0 Å². The van der Waals surface area contributed by atoms with Crippen LogP contribution in [0.4, 0.5) is 4.39 Å². The molecule has 0 saturated carbocycles. The zero-order chi connectivity index (χ0) is 15.4. The van der Waals surface area contributed by atoms with Crippen LogP contribution >= 0.6 is 0 Å². The number of hydrogen-bond acceptors (Lipinski definition) is 1. The van der Waals surface area contributed by atoms with Crippen LogP contribution in [0.1, 0.15) is 35.3 Å². The molecule has 0 aromatic heterocycles. The van der Waals surface area contributed by atoms with Crippen molar-refractivity contribution < 1.29 is 9.18 Å². The Balaban J connectivity index is 0.000000829. The van der Waals surface area contributed by atoms with Crippen LogP contribution in [0.15, 0.2) is 54.6 Å². The number of aryl methyl sites for hydroxylation is 1. The van der Waals surface area contributed by atoms with Crippen molar-refractivity contribution in [1.82, 2.24) is 0 Å². The Hall–Kier alpha value is -1.96. The predicted octanol–water partition coefficient (Wildman–Crippen LogP) is 5.03. The van der Waals surface area contributed by atoms with Gasteiger partial charge in [-0.2, -0.15) is 0 Å². The van der Waals surface area contributed by atoms with Gasteiger partial charge in [-0.15, -0.1) is 0 Å². The average molecular weight is 274 g/mol. The lowest BCUT2D eigenvalue weighted by Crippen LogP contribution is -2.03. The van der Waals surface area contributed by atoms with E-state index >= 15 is 0 Å². The highest BCUT2D eigenvalue weighted by molar-refractivity contribution is 5.97. The fourth-order valence-electron chi connectivity index (χ4n) is 1.62. The second-order valence-electron chi connectivity index (χ2n) is 3.95. The molecule has 0 spiro atoms. The van der Waals surface area contributed by atoms with E-state index in [-0.39, 0.29) is 5.78 Å². The maximum Gasteiger partial charge on any atom is 0.167 e. The van der Waals surface area contributed by atoms with Crippen LogP contribution in [-0.4, -0.2) is 13.0 Å². The Morgan fingerprint density at radius 3 is 1.90 bits per heavy atom. The molecule has 2 rings (SSSR count). The minimum atomic E-state index is 0.172. The van der Waals surface area contributed by atoms with Crippen LogP contribution < -0.4 is 0 Å². The normalized spacial score (nSPS) is 8.65. The van der Waals surface area contributed by atoms with Gasteiger partial charge in [0.25, 0.3) is 0 Å². The Morgan fingerprint density at radius 2 is 1.40 bits per heavy atom. The van der Waals surface area contributed by atoms with Gasteiger partial charge in [-0.25, -0.2) is 0 Å². The molecule has 0 heterocycles. The molecule has 1 nitrogen and oxygen atoms in total. The molecule has 2 aromatic rings. The minimum Gasteiger partial charge on any atom is -0.294 e. The summed E-state index contributed by atoms with van der Waals surface area (Å²) in [4.78, 5) is 11.9. The standard InChI is InChI=1S/C15H14O.C2H6.CH3F/c1-12-7-9-14(10-8-12)15(16)11-13-5-3-2-4-6-13;2*1-2/h2-10H,11H2,1H3;1-2H3;1H3. The van der Waals surface area contributed by atoms with Crippen LogP contribution in [0.2, 0.25) is 0 Å². The number of hydrogen-bond donors (Lipinski definition) is 0. The second kappa shape index (κ2) is 10.9. The molecule has 0 radical (unpaired) electrons. The van der Waals surface area contributed by atoms with Crippen molar-refractivity contribution in [3.63, 3.8) is 0 Å². The highest BCUT2D eigenvalue weighted by Gasteiger charge is 2.05. The van der Waals surface area contributed by atoms with Gasteiger partial charge in [0.2, 0.25) is 0 Å². The molecule has 2 aromatic carbocycles. The highest BCUT2D eigenvalue weighted by Crippen LogP contribution is 2.08. The molecule has 0 atom stereocenters. The van der Waals surface area contributed by atoms with Crippen molar-refractivity contribution in [3.8, 4) is 0 Å².